The molecule has 14 heavy (non-hydrogen) atoms. The first kappa shape index (κ1) is 10.0. The van der Waals surface area contributed by atoms with Crippen molar-refractivity contribution >= 4 is 15.9 Å². The third-order valence-electron chi connectivity index (χ3n) is 2.49. The zero-order valence-electron chi connectivity index (χ0n) is 7.24. The van der Waals surface area contributed by atoms with Gasteiger partial charge in [-0.3, -0.25) is 0 Å². The molecular weight excluding hydrogens is 257 g/mol. The van der Waals surface area contributed by atoms with Crippen LogP contribution in [0.5, 0.6) is 0 Å². The normalized spacial score (nSPS) is 20.6. The van der Waals surface area contributed by atoms with E-state index in [-0.39, 0.29) is 18.8 Å². The standard InChI is InChI=1S/C10H8BrF3/c11-7-1-2-8(9(12)3-7)6-4-10(13,14)5-6/h1-3,6H,4-5H2. The van der Waals surface area contributed by atoms with Crippen LogP contribution in [0.3, 0.4) is 0 Å². The van der Waals surface area contributed by atoms with Crippen molar-refractivity contribution in [3.63, 3.8) is 0 Å². The fourth-order valence-corrected chi connectivity index (χ4v) is 2.05. The smallest absolute Gasteiger partial charge is 0.207 e. The second kappa shape index (κ2) is 3.26. The fourth-order valence-electron chi connectivity index (χ4n) is 1.71. The molecule has 0 bridgehead atoms. The molecule has 1 aliphatic carbocycles. The SMILES string of the molecule is Fc1cc(Br)ccc1C1CC(F)(F)C1. The molecule has 0 nitrogen and oxygen atoms in total. The second-order valence-corrected chi connectivity index (χ2v) is 4.54. The Bertz CT molecular complexity index is 354. The van der Waals surface area contributed by atoms with Crippen molar-refractivity contribution < 1.29 is 13.2 Å². The van der Waals surface area contributed by atoms with E-state index in [0.29, 0.717) is 10.0 Å². The van der Waals surface area contributed by atoms with Crippen LogP contribution < -0.4 is 0 Å². The summed E-state index contributed by atoms with van der Waals surface area (Å²) in [4.78, 5) is 0. The average molecular weight is 265 g/mol. The highest BCUT2D eigenvalue weighted by Gasteiger charge is 2.46. The van der Waals surface area contributed by atoms with Gasteiger partial charge in [0.25, 0.3) is 0 Å². The lowest BCUT2D eigenvalue weighted by Crippen LogP contribution is -2.34. The number of hydrogen-bond donors (Lipinski definition) is 0. The van der Waals surface area contributed by atoms with Gasteiger partial charge in [0, 0.05) is 17.3 Å². The topological polar surface area (TPSA) is 0 Å². The van der Waals surface area contributed by atoms with E-state index in [1.165, 1.54) is 6.07 Å². The summed E-state index contributed by atoms with van der Waals surface area (Å²) >= 11 is 3.12. The maximum absolute atomic E-state index is 13.3. The van der Waals surface area contributed by atoms with Crippen LogP contribution in [0, 0.1) is 5.82 Å². The lowest BCUT2D eigenvalue weighted by atomic mass is 9.76. The maximum Gasteiger partial charge on any atom is 0.249 e. The Morgan fingerprint density at radius 1 is 1.29 bits per heavy atom. The molecule has 0 atom stereocenters. The summed E-state index contributed by atoms with van der Waals surface area (Å²) in [6, 6.07) is 4.56. The van der Waals surface area contributed by atoms with Gasteiger partial charge in [-0.1, -0.05) is 22.0 Å². The number of hydrogen-bond acceptors (Lipinski definition) is 0. The first-order valence-electron chi connectivity index (χ1n) is 4.31. The summed E-state index contributed by atoms with van der Waals surface area (Å²) in [6.07, 6.45) is -0.461. The number of rotatable bonds is 1. The fraction of sp³-hybridized carbons (Fsp3) is 0.400. The van der Waals surface area contributed by atoms with Crippen molar-refractivity contribution in [2.75, 3.05) is 0 Å². The van der Waals surface area contributed by atoms with Crippen LogP contribution in [0.1, 0.15) is 24.3 Å². The summed E-state index contributed by atoms with van der Waals surface area (Å²) in [6.45, 7) is 0. The Hall–Kier alpha value is -0.510. The number of halogens is 4. The van der Waals surface area contributed by atoms with Gasteiger partial charge in [0.15, 0.2) is 0 Å². The summed E-state index contributed by atoms with van der Waals surface area (Å²) < 4.78 is 39.0. The first-order chi connectivity index (χ1) is 6.48. The molecular formula is C10H8BrF3. The van der Waals surface area contributed by atoms with Gasteiger partial charge in [0.2, 0.25) is 5.92 Å². The van der Waals surface area contributed by atoms with E-state index < -0.39 is 11.7 Å². The summed E-state index contributed by atoms with van der Waals surface area (Å²) in [5.74, 6) is -3.32. The third kappa shape index (κ3) is 1.80. The highest BCUT2D eigenvalue weighted by molar-refractivity contribution is 9.10. The zero-order chi connectivity index (χ0) is 10.3. The minimum Gasteiger partial charge on any atom is -0.207 e. The van der Waals surface area contributed by atoms with Crippen LogP contribution in [0.4, 0.5) is 13.2 Å². The lowest BCUT2D eigenvalue weighted by Gasteiger charge is -2.35. The second-order valence-electron chi connectivity index (χ2n) is 3.63. The molecule has 0 radical (unpaired) electrons. The highest BCUT2D eigenvalue weighted by Crippen LogP contribution is 2.48. The van der Waals surface area contributed by atoms with E-state index in [9.17, 15) is 13.2 Å². The Balaban J connectivity index is 2.19. The summed E-state index contributed by atoms with van der Waals surface area (Å²) in [5.41, 5.74) is 0.402. The van der Waals surface area contributed by atoms with Crippen molar-refractivity contribution in [1.29, 1.82) is 0 Å². The van der Waals surface area contributed by atoms with Crippen molar-refractivity contribution in [2.24, 2.45) is 0 Å². The van der Waals surface area contributed by atoms with Gasteiger partial charge in [-0.05, 0) is 23.6 Å². The first-order valence-corrected chi connectivity index (χ1v) is 5.10. The highest BCUT2D eigenvalue weighted by atomic mass is 79.9. The molecule has 76 valence electrons. The van der Waals surface area contributed by atoms with Gasteiger partial charge in [0.05, 0.1) is 0 Å². The maximum atomic E-state index is 13.3. The van der Waals surface area contributed by atoms with Crippen LogP contribution in [-0.2, 0) is 0 Å². The van der Waals surface area contributed by atoms with Gasteiger partial charge in [-0.15, -0.1) is 0 Å². The van der Waals surface area contributed by atoms with Gasteiger partial charge < -0.3 is 0 Å². The molecule has 0 aliphatic heterocycles. The molecule has 2 rings (SSSR count). The summed E-state index contributed by atoms with van der Waals surface area (Å²) in [5, 5.41) is 0. The Morgan fingerprint density at radius 3 is 2.43 bits per heavy atom. The quantitative estimate of drug-likeness (QED) is 0.717. The minimum absolute atomic E-state index is 0.231. The summed E-state index contributed by atoms with van der Waals surface area (Å²) in [7, 11) is 0. The number of alkyl halides is 2. The number of benzene rings is 1. The molecule has 0 amide bonds. The van der Waals surface area contributed by atoms with Crippen LogP contribution in [-0.4, -0.2) is 5.92 Å². The molecule has 4 heteroatoms. The van der Waals surface area contributed by atoms with Crippen LogP contribution in [0.2, 0.25) is 0 Å². The molecule has 0 N–H and O–H groups in total. The minimum atomic E-state index is -2.59. The van der Waals surface area contributed by atoms with E-state index in [1.54, 1.807) is 12.1 Å². The molecule has 0 unspecified atom stereocenters. The van der Waals surface area contributed by atoms with Gasteiger partial charge in [-0.2, -0.15) is 0 Å². The largest absolute Gasteiger partial charge is 0.249 e. The van der Waals surface area contributed by atoms with Crippen molar-refractivity contribution in [3.05, 3.63) is 34.1 Å². The molecule has 1 aromatic carbocycles. The Morgan fingerprint density at radius 2 is 1.93 bits per heavy atom. The molecule has 1 aromatic rings. The van der Waals surface area contributed by atoms with E-state index in [4.69, 9.17) is 0 Å². The molecule has 1 fully saturated rings. The molecule has 0 saturated heterocycles. The molecule has 1 aliphatic rings. The van der Waals surface area contributed by atoms with Gasteiger partial charge >= 0.3 is 0 Å². The zero-order valence-corrected chi connectivity index (χ0v) is 8.82. The third-order valence-corrected chi connectivity index (χ3v) is 2.99. The van der Waals surface area contributed by atoms with Gasteiger partial charge in [-0.25, -0.2) is 13.2 Å². The average Bonchev–Trinajstić information content (AvgIpc) is 2.00. The van der Waals surface area contributed by atoms with Crippen molar-refractivity contribution in [3.8, 4) is 0 Å². The molecule has 1 saturated carbocycles. The molecule has 0 spiro atoms. The van der Waals surface area contributed by atoms with Crippen LogP contribution >= 0.6 is 15.9 Å². The van der Waals surface area contributed by atoms with E-state index in [2.05, 4.69) is 15.9 Å². The van der Waals surface area contributed by atoms with Crippen molar-refractivity contribution in [1.82, 2.24) is 0 Å². The molecule has 0 heterocycles. The Labute approximate surface area is 88.2 Å². The van der Waals surface area contributed by atoms with Crippen LogP contribution in [0.25, 0.3) is 0 Å². The van der Waals surface area contributed by atoms with E-state index in [0.717, 1.165) is 0 Å². The van der Waals surface area contributed by atoms with E-state index in [1.807, 2.05) is 0 Å². The van der Waals surface area contributed by atoms with Gasteiger partial charge in [0.1, 0.15) is 5.82 Å². The Kier molecular flexibility index (Phi) is 2.33. The van der Waals surface area contributed by atoms with E-state index >= 15 is 0 Å². The van der Waals surface area contributed by atoms with Crippen LogP contribution in [0.15, 0.2) is 22.7 Å². The van der Waals surface area contributed by atoms with Crippen molar-refractivity contribution in [2.45, 2.75) is 24.7 Å². The monoisotopic (exact) mass is 264 g/mol. The lowest BCUT2D eigenvalue weighted by molar-refractivity contribution is -0.0873. The predicted molar refractivity (Wildman–Crippen MR) is 51.0 cm³/mol. The molecule has 0 aromatic heterocycles. The predicted octanol–water partition coefficient (Wildman–Crippen LogP) is 4.10.